The van der Waals surface area contributed by atoms with Crippen LogP contribution in [-0.2, 0) is 5.88 Å². The third-order valence-electron chi connectivity index (χ3n) is 2.36. The maximum atomic E-state index is 5.69. The van der Waals surface area contributed by atoms with E-state index in [-0.39, 0.29) is 0 Å². The molecule has 0 saturated carbocycles. The molecule has 16 heavy (non-hydrogen) atoms. The molecular weight excluding hydrogens is 289 g/mol. The molecule has 1 aromatic carbocycles. The highest BCUT2D eigenvalue weighted by molar-refractivity contribution is 9.10. The number of hydrogen-bond donors (Lipinski definition) is 0. The number of hydrogen-bond acceptors (Lipinski definition) is 2. The van der Waals surface area contributed by atoms with Crippen LogP contribution in [0.5, 0.6) is 0 Å². The number of aryl methyl sites for hydroxylation is 2. The Balaban J connectivity index is 2.48. The molecule has 5 heteroatoms. The fraction of sp³-hybridized carbons (Fsp3) is 0.273. The van der Waals surface area contributed by atoms with Crippen molar-refractivity contribution in [1.82, 2.24) is 15.0 Å². The first kappa shape index (κ1) is 11.6. The minimum atomic E-state index is 0.383. The molecule has 2 aromatic rings. The Hall–Kier alpha value is -0.870. The molecule has 1 heterocycles. The molecular formula is C11H11BrClN3. The summed E-state index contributed by atoms with van der Waals surface area (Å²) in [6.07, 6.45) is 1.84. The highest BCUT2D eigenvalue weighted by Crippen LogP contribution is 2.24. The lowest BCUT2D eigenvalue weighted by Crippen LogP contribution is -1.97. The smallest absolute Gasteiger partial charge is 0.0979 e. The third-order valence-corrected chi connectivity index (χ3v) is 3.89. The second kappa shape index (κ2) is 4.55. The van der Waals surface area contributed by atoms with Crippen LogP contribution in [0.4, 0.5) is 0 Å². The Labute approximate surface area is 108 Å². The van der Waals surface area contributed by atoms with Crippen LogP contribution in [0.25, 0.3) is 5.69 Å². The van der Waals surface area contributed by atoms with Gasteiger partial charge in [-0.3, -0.25) is 0 Å². The van der Waals surface area contributed by atoms with Gasteiger partial charge < -0.3 is 0 Å². The predicted octanol–water partition coefficient (Wildman–Crippen LogP) is 3.39. The summed E-state index contributed by atoms with van der Waals surface area (Å²) in [5.41, 5.74) is 4.14. The van der Waals surface area contributed by atoms with E-state index in [2.05, 4.69) is 52.2 Å². The summed E-state index contributed by atoms with van der Waals surface area (Å²) in [5.74, 6) is 0.383. The van der Waals surface area contributed by atoms with Gasteiger partial charge in [-0.15, -0.1) is 16.7 Å². The topological polar surface area (TPSA) is 30.7 Å². The largest absolute Gasteiger partial charge is 0.220 e. The fourth-order valence-corrected chi connectivity index (χ4v) is 1.89. The zero-order chi connectivity index (χ0) is 11.7. The number of halogens is 2. The molecule has 0 radical (unpaired) electrons. The van der Waals surface area contributed by atoms with Crippen LogP contribution in [0, 0.1) is 13.8 Å². The van der Waals surface area contributed by atoms with Crippen molar-refractivity contribution >= 4 is 27.5 Å². The average molecular weight is 301 g/mol. The number of aromatic nitrogens is 3. The average Bonchev–Trinajstić information content (AvgIpc) is 2.73. The lowest BCUT2D eigenvalue weighted by atomic mass is 10.1. The van der Waals surface area contributed by atoms with E-state index in [9.17, 15) is 0 Å². The van der Waals surface area contributed by atoms with E-state index in [4.69, 9.17) is 11.6 Å². The molecule has 1 aromatic heterocycles. The molecule has 0 aliphatic rings. The standard InChI is InChI=1S/C11H11BrClN3/c1-7-3-10(4-8(2)11(7)12)16-6-9(5-13)14-15-16/h3-4,6H,5H2,1-2H3. The number of alkyl halides is 1. The van der Waals surface area contributed by atoms with E-state index >= 15 is 0 Å². The first-order valence-corrected chi connectivity index (χ1v) is 6.19. The van der Waals surface area contributed by atoms with E-state index in [1.165, 1.54) is 11.1 Å². The van der Waals surface area contributed by atoms with Crippen molar-refractivity contribution in [2.45, 2.75) is 19.7 Å². The van der Waals surface area contributed by atoms with Crippen LogP contribution in [0.2, 0.25) is 0 Å². The number of rotatable bonds is 2. The van der Waals surface area contributed by atoms with Gasteiger partial charge in [-0.1, -0.05) is 21.1 Å². The van der Waals surface area contributed by atoms with Gasteiger partial charge in [0, 0.05) is 4.47 Å². The lowest BCUT2D eigenvalue weighted by Gasteiger charge is -2.07. The van der Waals surface area contributed by atoms with Crippen molar-refractivity contribution in [3.63, 3.8) is 0 Å². The Morgan fingerprint density at radius 3 is 2.44 bits per heavy atom. The molecule has 84 valence electrons. The number of nitrogens with zero attached hydrogens (tertiary/aromatic N) is 3. The fourth-order valence-electron chi connectivity index (χ4n) is 1.54. The van der Waals surface area contributed by atoms with Crippen LogP contribution in [-0.4, -0.2) is 15.0 Å². The molecule has 0 fully saturated rings. The van der Waals surface area contributed by atoms with Gasteiger partial charge in [-0.25, -0.2) is 4.68 Å². The first-order chi connectivity index (χ1) is 7.61. The monoisotopic (exact) mass is 299 g/mol. The third kappa shape index (κ3) is 2.13. The summed E-state index contributed by atoms with van der Waals surface area (Å²) in [7, 11) is 0. The van der Waals surface area contributed by atoms with Crippen molar-refractivity contribution < 1.29 is 0 Å². The maximum Gasteiger partial charge on any atom is 0.0979 e. The van der Waals surface area contributed by atoms with E-state index < -0.39 is 0 Å². The van der Waals surface area contributed by atoms with Gasteiger partial charge in [0.15, 0.2) is 0 Å². The summed E-state index contributed by atoms with van der Waals surface area (Å²) in [6, 6.07) is 4.12. The second-order valence-electron chi connectivity index (χ2n) is 3.68. The number of benzene rings is 1. The summed E-state index contributed by atoms with van der Waals surface area (Å²) in [6.45, 7) is 4.11. The normalized spacial score (nSPS) is 10.8. The molecule has 0 aliphatic heterocycles. The Kier molecular flexibility index (Phi) is 3.30. The van der Waals surface area contributed by atoms with Crippen LogP contribution in [0.3, 0.4) is 0 Å². The Morgan fingerprint density at radius 2 is 1.94 bits per heavy atom. The van der Waals surface area contributed by atoms with Gasteiger partial charge in [0.1, 0.15) is 0 Å². The van der Waals surface area contributed by atoms with Crippen LogP contribution < -0.4 is 0 Å². The molecule has 0 N–H and O–H groups in total. The van der Waals surface area contributed by atoms with Gasteiger partial charge >= 0.3 is 0 Å². The van der Waals surface area contributed by atoms with E-state index in [0.717, 1.165) is 15.9 Å². The van der Waals surface area contributed by atoms with Gasteiger partial charge in [0.25, 0.3) is 0 Å². The maximum absolute atomic E-state index is 5.69. The van der Waals surface area contributed by atoms with E-state index in [1.807, 2.05) is 6.20 Å². The lowest BCUT2D eigenvalue weighted by molar-refractivity contribution is 0.798. The van der Waals surface area contributed by atoms with Crippen molar-refractivity contribution in [1.29, 1.82) is 0 Å². The summed E-state index contributed by atoms with van der Waals surface area (Å²) in [4.78, 5) is 0. The van der Waals surface area contributed by atoms with Crippen molar-refractivity contribution in [3.05, 3.63) is 39.6 Å². The van der Waals surface area contributed by atoms with E-state index in [0.29, 0.717) is 5.88 Å². The minimum Gasteiger partial charge on any atom is -0.220 e. The minimum absolute atomic E-state index is 0.383. The van der Waals surface area contributed by atoms with Gasteiger partial charge in [-0.2, -0.15) is 0 Å². The predicted molar refractivity (Wildman–Crippen MR) is 68.1 cm³/mol. The van der Waals surface area contributed by atoms with Gasteiger partial charge in [0.05, 0.1) is 23.5 Å². The molecule has 0 amide bonds. The second-order valence-corrected chi connectivity index (χ2v) is 4.74. The summed E-state index contributed by atoms with van der Waals surface area (Å²) < 4.78 is 2.87. The molecule has 0 aliphatic carbocycles. The molecule has 2 rings (SSSR count). The van der Waals surface area contributed by atoms with Gasteiger partial charge in [0.2, 0.25) is 0 Å². The quantitative estimate of drug-likeness (QED) is 0.796. The van der Waals surface area contributed by atoms with Gasteiger partial charge in [-0.05, 0) is 37.1 Å². The Morgan fingerprint density at radius 1 is 1.31 bits per heavy atom. The van der Waals surface area contributed by atoms with Crippen molar-refractivity contribution in [2.24, 2.45) is 0 Å². The van der Waals surface area contributed by atoms with Crippen molar-refractivity contribution in [3.8, 4) is 5.69 Å². The summed E-state index contributed by atoms with van der Waals surface area (Å²) in [5, 5.41) is 8.00. The SMILES string of the molecule is Cc1cc(-n2cc(CCl)nn2)cc(C)c1Br. The summed E-state index contributed by atoms with van der Waals surface area (Å²) >= 11 is 9.23. The molecule has 0 bridgehead atoms. The van der Waals surface area contributed by atoms with Crippen LogP contribution in [0.15, 0.2) is 22.8 Å². The van der Waals surface area contributed by atoms with E-state index in [1.54, 1.807) is 4.68 Å². The molecule has 3 nitrogen and oxygen atoms in total. The molecule has 0 spiro atoms. The molecule has 0 saturated heterocycles. The van der Waals surface area contributed by atoms with Crippen LogP contribution in [0.1, 0.15) is 16.8 Å². The molecule has 0 unspecified atom stereocenters. The Bertz CT molecular complexity index is 499. The first-order valence-electron chi connectivity index (χ1n) is 4.86. The highest BCUT2D eigenvalue weighted by atomic mass is 79.9. The zero-order valence-electron chi connectivity index (χ0n) is 9.04. The highest BCUT2D eigenvalue weighted by Gasteiger charge is 2.06. The van der Waals surface area contributed by atoms with Crippen molar-refractivity contribution in [2.75, 3.05) is 0 Å². The molecule has 0 atom stereocenters. The van der Waals surface area contributed by atoms with Crippen LogP contribution >= 0.6 is 27.5 Å². The zero-order valence-corrected chi connectivity index (χ0v) is 11.4.